The first kappa shape index (κ1) is 25.3. The second-order valence-corrected chi connectivity index (χ2v) is 8.77. The molecule has 0 spiro atoms. The van der Waals surface area contributed by atoms with Crippen LogP contribution in [0, 0.1) is 0 Å². The Kier molecular flexibility index (Phi) is 9.08. The van der Waals surface area contributed by atoms with Crippen LogP contribution in [0.4, 0.5) is 0 Å². The van der Waals surface area contributed by atoms with Gasteiger partial charge in [0.15, 0.2) is 0 Å². The number of benzene rings is 2. The molecule has 7 heteroatoms. The van der Waals surface area contributed by atoms with Crippen molar-refractivity contribution in [3.63, 3.8) is 0 Å². The maximum atomic E-state index is 13.1. The van der Waals surface area contributed by atoms with E-state index in [1.54, 1.807) is 7.11 Å². The third kappa shape index (κ3) is 6.83. The Morgan fingerprint density at radius 1 is 1.00 bits per heavy atom. The maximum absolute atomic E-state index is 13.1. The fraction of sp³-hybridized carbons (Fsp3) is 0.444. The minimum atomic E-state index is -0.416. The van der Waals surface area contributed by atoms with Crippen LogP contribution in [0.1, 0.15) is 62.6 Å². The van der Waals surface area contributed by atoms with Crippen LogP contribution in [-0.4, -0.2) is 48.9 Å². The fourth-order valence-electron chi connectivity index (χ4n) is 4.51. The van der Waals surface area contributed by atoms with Crippen molar-refractivity contribution in [3.05, 3.63) is 65.7 Å². The number of amides is 3. The summed E-state index contributed by atoms with van der Waals surface area (Å²) >= 11 is 0. The molecule has 2 aromatic rings. The average molecular weight is 466 g/mol. The molecule has 2 aromatic carbocycles. The van der Waals surface area contributed by atoms with Crippen LogP contribution in [0.25, 0.3) is 0 Å². The molecule has 0 saturated carbocycles. The minimum Gasteiger partial charge on any atom is -0.497 e. The molecule has 0 bridgehead atoms. The number of carbonyl (C=O) groups is 3. The number of piperidine rings is 1. The van der Waals surface area contributed by atoms with Crippen LogP contribution in [0.5, 0.6) is 5.75 Å². The molecule has 3 amide bonds. The lowest BCUT2D eigenvalue weighted by atomic mass is 9.93. The van der Waals surface area contributed by atoms with E-state index in [2.05, 4.69) is 10.6 Å². The lowest BCUT2D eigenvalue weighted by Gasteiger charge is -2.34. The molecule has 7 nitrogen and oxygen atoms in total. The zero-order valence-corrected chi connectivity index (χ0v) is 20.3. The molecule has 1 aliphatic heterocycles. The Morgan fingerprint density at radius 2 is 1.65 bits per heavy atom. The number of methoxy groups -OCH3 is 1. The van der Waals surface area contributed by atoms with Crippen LogP contribution in [0.15, 0.2) is 54.6 Å². The van der Waals surface area contributed by atoms with Crippen molar-refractivity contribution in [1.29, 1.82) is 0 Å². The van der Waals surface area contributed by atoms with Gasteiger partial charge in [0, 0.05) is 26.1 Å². The number of rotatable bonds is 9. The van der Waals surface area contributed by atoms with Crippen molar-refractivity contribution < 1.29 is 19.1 Å². The molecule has 0 radical (unpaired) electrons. The van der Waals surface area contributed by atoms with E-state index in [1.165, 1.54) is 6.92 Å². The number of likely N-dealkylation sites (tertiary alicyclic amines) is 1. The first-order valence-corrected chi connectivity index (χ1v) is 11.9. The number of ether oxygens (including phenoxy) is 1. The van der Waals surface area contributed by atoms with Gasteiger partial charge in [-0.05, 0) is 42.5 Å². The molecule has 0 aromatic heterocycles. The van der Waals surface area contributed by atoms with Crippen molar-refractivity contribution in [2.24, 2.45) is 0 Å². The highest BCUT2D eigenvalue weighted by Gasteiger charge is 2.29. The second-order valence-electron chi connectivity index (χ2n) is 8.77. The lowest BCUT2D eigenvalue weighted by molar-refractivity contribution is -0.134. The molecule has 182 valence electrons. The summed E-state index contributed by atoms with van der Waals surface area (Å²) in [4.78, 5) is 39.5. The smallest absolute Gasteiger partial charge is 0.230 e. The van der Waals surface area contributed by atoms with Crippen LogP contribution in [-0.2, 0) is 14.4 Å². The molecule has 2 N–H and O–H groups in total. The molecule has 1 saturated heterocycles. The molecule has 3 rings (SSSR count). The van der Waals surface area contributed by atoms with E-state index in [0.29, 0.717) is 18.8 Å². The maximum Gasteiger partial charge on any atom is 0.230 e. The highest BCUT2D eigenvalue weighted by atomic mass is 16.5. The highest BCUT2D eigenvalue weighted by Crippen LogP contribution is 2.25. The van der Waals surface area contributed by atoms with Gasteiger partial charge in [-0.25, -0.2) is 0 Å². The van der Waals surface area contributed by atoms with Gasteiger partial charge in [-0.2, -0.15) is 0 Å². The third-order valence-corrected chi connectivity index (χ3v) is 6.37. The molecule has 1 heterocycles. The number of carbonyl (C=O) groups excluding carboxylic acids is 3. The number of nitrogens with zero attached hydrogens (tertiary/aromatic N) is 1. The standard InChI is InChI=1S/C27H35N3O4/c1-4-24(20-8-6-5-7-9-20)27(33)30-16-14-22(15-17-30)29-26(32)18-25(28-19(2)31)21-10-12-23(34-3)13-11-21/h5-13,22,24-25H,4,14-18H2,1-3H3,(H,28,31)(H,29,32). The Labute approximate surface area is 201 Å². The molecule has 34 heavy (non-hydrogen) atoms. The van der Waals surface area contributed by atoms with Crippen LogP contribution >= 0.6 is 0 Å². The van der Waals surface area contributed by atoms with Gasteiger partial charge in [0.05, 0.1) is 25.5 Å². The predicted octanol–water partition coefficient (Wildman–Crippen LogP) is 3.56. The van der Waals surface area contributed by atoms with Gasteiger partial charge in [-0.15, -0.1) is 0 Å². The summed E-state index contributed by atoms with van der Waals surface area (Å²) in [5, 5.41) is 5.96. The zero-order valence-electron chi connectivity index (χ0n) is 20.3. The number of hydrogen-bond acceptors (Lipinski definition) is 4. The largest absolute Gasteiger partial charge is 0.497 e. The molecule has 1 fully saturated rings. The summed E-state index contributed by atoms with van der Waals surface area (Å²) in [5.74, 6) is 0.437. The van der Waals surface area contributed by atoms with E-state index in [9.17, 15) is 14.4 Å². The summed E-state index contributed by atoms with van der Waals surface area (Å²) < 4.78 is 5.19. The minimum absolute atomic E-state index is 0.0159. The van der Waals surface area contributed by atoms with Gasteiger partial charge in [0.1, 0.15) is 5.75 Å². The van der Waals surface area contributed by atoms with Crippen LogP contribution < -0.4 is 15.4 Å². The van der Waals surface area contributed by atoms with Crippen molar-refractivity contribution in [2.75, 3.05) is 20.2 Å². The Balaban J connectivity index is 1.53. The Hall–Kier alpha value is -3.35. The average Bonchev–Trinajstić information content (AvgIpc) is 2.85. The predicted molar refractivity (Wildman–Crippen MR) is 131 cm³/mol. The van der Waals surface area contributed by atoms with E-state index < -0.39 is 6.04 Å². The summed E-state index contributed by atoms with van der Waals surface area (Å²) in [7, 11) is 1.59. The van der Waals surface area contributed by atoms with Crippen molar-refractivity contribution >= 4 is 17.7 Å². The van der Waals surface area contributed by atoms with Gasteiger partial charge >= 0.3 is 0 Å². The summed E-state index contributed by atoms with van der Waals surface area (Å²) in [6.45, 7) is 4.73. The van der Waals surface area contributed by atoms with Crippen LogP contribution in [0.2, 0.25) is 0 Å². The Morgan fingerprint density at radius 3 is 2.21 bits per heavy atom. The summed E-state index contributed by atoms with van der Waals surface area (Å²) in [6.07, 6.45) is 2.35. The number of hydrogen-bond donors (Lipinski definition) is 2. The summed E-state index contributed by atoms with van der Waals surface area (Å²) in [6, 6.07) is 16.8. The van der Waals surface area contributed by atoms with E-state index in [1.807, 2.05) is 66.4 Å². The SMILES string of the molecule is CCC(C(=O)N1CCC(NC(=O)CC(NC(C)=O)c2ccc(OC)cc2)CC1)c1ccccc1. The molecule has 0 aliphatic carbocycles. The Bertz CT molecular complexity index is 954. The van der Waals surface area contributed by atoms with Gasteiger partial charge in [-0.3, -0.25) is 14.4 Å². The van der Waals surface area contributed by atoms with Crippen LogP contribution in [0.3, 0.4) is 0 Å². The van der Waals surface area contributed by atoms with Gasteiger partial charge in [0.25, 0.3) is 0 Å². The lowest BCUT2D eigenvalue weighted by Crippen LogP contribution is -2.48. The zero-order chi connectivity index (χ0) is 24.5. The van der Waals surface area contributed by atoms with Crippen molar-refractivity contribution in [2.45, 2.75) is 57.5 Å². The number of nitrogens with one attached hydrogen (secondary N) is 2. The van der Waals surface area contributed by atoms with Crippen molar-refractivity contribution in [3.8, 4) is 5.75 Å². The normalized spacial score (nSPS) is 15.8. The molecule has 2 unspecified atom stereocenters. The fourth-order valence-corrected chi connectivity index (χ4v) is 4.51. The van der Waals surface area contributed by atoms with E-state index in [0.717, 1.165) is 30.4 Å². The quantitative estimate of drug-likeness (QED) is 0.593. The highest BCUT2D eigenvalue weighted by molar-refractivity contribution is 5.84. The summed E-state index contributed by atoms with van der Waals surface area (Å²) in [5.41, 5.74) is 1.89. The topological polar surface area (TPSA) is 87.7 Å². The molecule has 2 atom stereocenters. The van der Waals surface area contributed by atoms with Gasteiger partial charge in [-0.1, -0.05) is 49.4 Å². The van der Waals surface area contributed by atoms with E-state index in [-0.39, 0.29) is 36.1 Å². The third-order valence-electron chi connectivity index (χ3n) is 6.37. The van der Waals surface area contributed by atoms with Crippen molar-refractivity contribution in [1.82, 2.24) is 15.5 Å². The van der Waals surface area contributed by atoms with Gasteiger partial charge < -0.3 is 20.3 Å². The molecule has 1 aliphatic rings. The first-order valence-electron chi connectivity index (χ1n) is 11.9. The van der Waals surface area contributed by atoms with E-state index >= 15 is 0 Å². The molecular formula is C27H35N3O4. The second kappa shape index (κ2) is 12.2. The molecular weight excluding hydrogens is 430 g/mol. The van der Waals surface area contributed by atoms with E-state index in [4.69, 9.17) is 4.74 Å². The monoisotopic (exact) mass is 465 g/mol. The first-order chi connectivity index (χ1) is 16.4. The van der Waals surface area contributed by atoms with Gasteiger partial charge in [0.2, 0.25) is 17.7 Å².